The van der Waals surface area contributed by atoms with Gasteiger partial charge in [0.15, 0.2) is 4.29 Å². The van der Waals surface area contributed by atoms with E-state index in [2.05, 4.69) is 14.4 Å². The van der Waals surface area contributed by atoms with Crippen LogP contribution in [0.1, 0.15) is 32.1 Å². The number of hydrogen-bond donors (Lipinski definition) is 3. The summed E-state index contributed by atoms with van der Waals surface area (Å²) in [7, 11) is -3.32. The molecule has 0 spiro atoms. The van der Waals surface area contributed by atoms with Crippen molar-refractivity contribution in [1.29, 1.82) is 4.29 Å². The molecule has 3 nitrogen and oxygen atoms in total. The van der Waals surface area contributed by atoms with Crippen LogP contribution in [0.5, 0.6) is 0 Å². The van der Waals surface area contributed by atoms with Gasteiger partial charge < -0.3 is 14.4 Å². The second kappa shape index (κ2) is 3.00. The maximum atomic E-state index is 6.82. The van der Waals surface area contributed by atoms with Gasteiger partial charge in [0.25, 0.3) is 0 Å². The zero-order chi connectivity index (χ0) is 9.73. The highest BCUT2D eigenvalue weighted by molar-refractivity contribution is 6.57. The average molecular weight is 168 g/mol. The minimum absolute atomic E-state index is 0.0475. The van der Waals surface area contributed by atoms with Crippen LogP contribution in [0.2, 0.25) is 5.54 Å². The summed E-state index contributed by atoms with van der Waals surface area (Å²) in [6.07, 6.45) is 4.91. The molecule has 0 bridgehead atoms. The minimum Gasteiger partial charge on any atom is -0.390 e. The summed E-state index contributed by atoms with van der Waals surface area (Å²) in [6.45, 7) is 0. The van der Waals surface area contributed by atoms with E-state index in [1.165, 1.54) is 0 Å². The fourth-order valence-electron chi connectivity index (χ4n) is 1.46. The molecular weight excluding hydrogens is 148 g/mol. The maximum Gasteiger partial charge on any atom is 0.496 e. The zero-order valence-electron chi connectivity index (χ0n) is 8.84. The van der Waals surface area contributed by atoms with E-state index < -0.39 is 8.80 Å². The third-order valence-corrected chi connectivity index (χ3v) is 3.68. The van der Waals surface area contributed by atoms with Crippen molar-refractivity contribution in [3.05, 3.63) is 0 Å². The topological polar surface area (TPSA) is 60.7 Å². The van der Waals surface area contributed by atoms with Gasteiger partial charge in [0.1, 0.15) is 0 Å². The van der Waals surface area contributed by atoms with Crippen LogP contribution in [0, 0.1) is 0 Å². The molecule has 0 atom stereocenters. The molecule has 1 saturated carbocycles. The van der Waals surface area contributed by atoms with E-state index in [0.29, 0.717) is 0 Å². The van der Waals surface area contributed by atoms with E-state index in [-0.39, 0.29) is 5.54 Å². The van der Waals surface area contributed by atoms with Crippen LogP contribution in [0.15, 0.2) is 0 Å². The molecule has 0 radical (unpaired) electrons. The predicted octanol–water partition coefficient (Wildman–Crippen LogP) is 0.236. The summed E-state index contributed by atoms with van der Waals surface area (Å²) in [6, 6.07) is 0. The first-order valence-electron chi connectivity index (χ1n) is 4.94. The maximum absolute atomic E-state index is 6.82. The molecule has 0 aromatic heterocycles. The fraction of sp³-hybridized carbons (Fsp3) is 1.00. The molecule has 3 N–H and O–H groups in total. The van der Waals surface area contributed by atoms with Gasteiger partial charge in [-0.2, -0.15) is 0 Å². The Balaban J connectivity index is 2.60. The lowest BCUT2D eigenvalue weighted by molar-refractivity contribution is 0.196. The molecule has 0 aliphatic heterocycles. The summed E-state index contributed by atoms with van der Waals surface area (Å²) in [4.78, 5) is 13.0. The van der Waals surface area contributed by atoms with Gasteiger partial charge >= 0.3 is 8.80 Å². The third-order valence-electron chi connectivity index (χ3n) is 2.11. The lowest BCUT2D eigenvalue weighted by atomic mass is 10.0. The van der Waals surface area contributed by atoms with Gasteiger partial charge in [0.2, 0.25) is 0 Å². The molecule has 0 aromatic carbocycles. The first-order chi connectivity index (χ1) is 6.29. The first kappa shape index (κ1) is 4.87. The van der Waals surface area contributed by atoms with Gasteiger partial charge in [-0.1, -0.05) is 19.3 Å². The van der Waals surface area contributed by atoms with E-state index in [1.807, 2.05) is 0 Å². The van der Waals surface area contributed by atoms with Crippen molar-refractivity contribution in [3.8, 4) is 0 Å². The molecule has 1 aliphatic rings. The van der Waals surface area contributed by atoms with Crippen LogP contribution < -0.4 is 0 Å². The molecule has 10 heavy (non-hydrogen) atoms. The molecule has 0 aromatic rings. The van der Waals surface area contributed by atoms with Gasteiger partial charge in [-0.3, -0.25) is 0 Å². The van der Waals surface area contributed by atoms with Gasteiger partial charge in [-0.25, -0.2) is 0 Å². The van der Waals surface area contributed by atoms with E-state index in [1.54, 1.807) is 0 Å². The van der Waals surface area contributed by atoms with Gasteiger partial charge in [-0.05, 0) is 12.8 Å². The van der Waals surface area contributed by atoms with E-state index in [0.717, 1.165) is 32.1 Å². The summed E-state index contributed by atoms with van der Waals surface area (Å²) in [5.74, 6) is 0. The highest BCUT2D eigenvalue weighted by Crippen LogP contribution is 2.32. The van der Waals surface area contributed by atoms with Crippen molar-refractivity contribution in [1.82, 2.24) is 0 Å². The summed E-state index contributed by atoms with van der Waals surface area (Å²) < 4.78 is 20.4. The smallest absolute Gasteiger partial charge is 0.390 e. The Morgan fingerprint density at radius 2 is 1.70 bits per heavy atom. The largest absolute Gasteiger partial charge is 0.496 e. The molecule has 0 unspecified atom stereocenters. The van der Waals surface area contributed by atoms with Crippen LogP contribution in [-0.4, -0.2) is 27.5 Å². The highest BCUT2D eigenvalue weighted by Gasteiger charge is 2.39. The SMILES string of the molecule is [3H]O[Si](O[3H])(O[3H])C1CCCCC1. The van der Waals surface area contributed by atoms with E-state index in [4.69, 9.17) is 4.29 Å². The van der Waals surface area contributed by atoms with Gasteiger partial charge in [0.05, 0.1) is 0 Å². The lowest BCUT2D eigenvalue weighted by Gasteiger charge is -2.25. The second-order valence-corrected chi connectivity index (χ2v) is 4.96. The van der Waals surface area contributed by atoms with E-state index >= 15 is 0 Å². The average Bonchev–Trinajstić information content (AvgIpc) is 2.23. The highest BCUT2D eigenvalue weighted by atomic mass is 28.4. The molecule has 1 aliphatic carbocycles. The number of rotatable bonds is 4. The lowest BCUT2D eigenvalue weighted by Crippen LogP contribution is -2.41. The monoisotopic (exact) mass is 168 g/mol. The van der Waals surface area contributed by atoms with Crippen molar-refractivity contribution in [3.63, 3.8) is 0 Å². The molecule has 0 amide bonds. The van der Waals surface area contributed by atoms with Crippen LogP contribution in [0.25, 0.3) is 0 Å². The van der Waals surface area contributed by atoms with Crippen molar-refractivity contribution in [2.24, 2.45) is 0 Å². The van der Waals surface area contributed by atoms with Crippen LogP contribution in [0.4, 0.5) is 0 Å². The Labute approximate surface area is 66.2 Å². The summed E-state index contributed by atoms with van der Waals surface area (Å²) in [5, 5.41) is 0. The van der Waals surface area contributed by atoms with Crippen LogP contribution in [-0.2, 0) is 0 Å². The van der Waals surface area contributed by atoms with Crippen molar-refractivity contribution >= 4 is 8.80 Å². The van der Waals surface area contributed by atoms with E-state index in [9.17, 15) is 0 Å². The molecule has 4 heteroatoms. The van der Waals surface area contributed by atoms with Crippen molar-refractivity contribution in [2.45, 2.75) is 37.6 Å². The summed E-state index contributed by atoms with van der Waals surface area (Å²) >= 11 is 0. The quantitative estimate of drug-likeness (QED) is 0.527. The molecule has 0 heterocycles. The molecule has 0 saturated heterocycles. The predicted molar refractivity (Wildman–Crippen MR) is 39.2 cm³/mol. The normalized spacial score (nSPS) is 27.0. The second-order valence-electron chi connectivity index (χ2n) is 2.94. The Kier molecular flexibility index (Phi) is 1.46. The molecule has 1 fully saturated rings. The molecule has 60 valence electrons. The Morgan fingerprint density at radius 3 is 2.20 bits per heavy atom. The summed E-state index contributed by atoms with van der Waals surface area (Å²) in [5.41, 5.74) is -0.0475. The Bertz CT molecular complexity index is 142. The zero-order valence-corrected chi connectivity index (χ0v) is 6.84. The van der Waals surface area contributed by atoms with Crippen molar-refractivity contribution in [2.75, 3.05) is 0 Å². The van der Waals surface area contributed by atoms with Gasteiger partial charge in [0, 0.05) is 5.54 Å². The van der Waals surface area contributed by atoms with Crippen molar-refractivity contribution < 1.29 is 14.4 Å². The molecule has 1 rings (SSSR count). The fourth-order valence-corrected chi connectivity index (χ4v) is 2.57. The minimum atomic E-state index is -3.32. The number of hydrogen-bond acceptors (Lipinski definition) is 3. The standard InChI is InChI=1S/C6H14O3Si/c7-10(8,9)6-4-2-1-3-5-6/h6-9H,1-5H2/i7T,8T,9T. The molecular formula is C6H14O3Si. The Hall–Kier alpha value is 0.0969. The Morgan fingerprint density at radius 1 is 1.10 bits per heavy atom. The van der Waals surface area contributed by atoms with Crippen LogP contribution >= 0.6 is 0 Å². The van der Waals surface area contributed by atoms with Gasteiger partial charge in [-0.15, -0.1) is 0 Å². The first-order valence-corrected chi connectivity index (χ1v) is 5.52. The van der Waals surface area contributed by atoms with Crippen LogP contribution in [0.3, 0.4) is 0 Å². The third kappa shape index (κ3) is 2.05.